The molecule has 0 aliphatic rings. The molecule has 0 aromatic rings. The second-order valence-corrected chi connectivity index (χ2v) is 17.8. The van der Waals surface area contributed by atoms with E-state index in [4.69, 9.17) is 14.2 Å². The van der Waals surface area contributed by atoms with E-state index in [-0.39, 0.29) is 31.1 Å². The van der Waals surface area contributed by atoms with Crippen molar-refractivity contribution in [2.24, 2.45) is 0 Å². The molecule has 0 aromatic heterocycles. The maximum absolute atomic E-state index is 12.8. The van der Waals surface area contributed by atoms with Gasteiger partial charge in [-0.25, -0.2) is 0 Å². The lowest BCUT2D eigenvalue weighted by Gasteiger charge is -2.18. The van der Waals surface area contributed by atoms with Crippen LogP contribution < -0.4 is 0 Å². The molecule has 356 valence electrons. The molecule has 0 saturated heterocycles. The van der Waals surface area contributed by atoms with Crippen LogP contribution in [-0.2, 0) is 28.6 Å². The minimum absolute atomic E-state index is 0.0752. The van der Waals surface area contributed by atoms with Gasteiger partial charge in [-0.15, -0.1) is 0 Å². The number of rotatable bonds is 48. The van der Waals surface area contributed by atoms with Gasteiger partial charge >= 0.3 is 17.9 Å². The summed E-state index contributed by atoms with van der Waals surface area (Å²) >= 11 is 0. The Bertz CT molecular complexity index is 1030. The summed E-state index contributed by atoms with van der Waals surface area (Å²) in [6.45, 7) is 6.61. The Hall–Kier alpha value is -2.37. The fourth-order valence-corrected chi connectivity index (χ4v) is 7.59. The van der Waals surface area contributed by atoms with Gasteiger partial charge in [0.2, 0.25) is 0 Å². The van der Waals surface area contributed by atoms with Crippen LogP contribution in [0.15, 0.2) is 36.5 Å². The Labute approximate surface area is 378 Å². The molecule has 0 fully saturated rings. The molecule has 0 saturated carbocycles. The van der Waals surface area contributed by atoms with Gasteiger partial charge in [-0.1, -0.05) is 218 Å². The summed E-state index contributed by atoms with van der Waals surface area (Å²) in [6, 6.07) is 0. The Kier molecular flexibility index (Phi) is 48.3. The van der Waals surface area contributed by atoms with E-state index >= 15 is 0 Å². The van der Waals surface area contributed by atoms with Crippen molar-refractivity contribution in [1.82, 2.24) is 0 Å². The molecular formula is C55H100O6. The highest BCUT2D eigenvalue weighted by Crippen LogP contribution is 2.15. The minimum Gasteiger partial charge on any atom is -0.462 e. The molecule has 0 bridgehead atoms. The molecule has 0 unspecified atom stereocenters. The van der Waals surface area contributed by atoms with E-state index in [2.05, 4.69) is 57.2 Å². The molecule has 0 radical (unpaired) electrons. The van der Waals surface area contributed by atoms with Crippen LogP contribution in [0.2, 0.25) is 0 Å². The van der Waals surface area contributed by atoms with Crippen molar-refractivity contribution in [1.29, 1.82) is 0 Å². The monoisotopic (exact) mass is 857 g/mol. The molecule has 0 heterocycles. The zero-order valence-corrected chi connectivity index (χ0v) is 40.7. The van der Waals surface area contributed by atoms with Gasteiger partial charge in [-0.05, 0) is 77.0 Å². The Balaban J connectivity index is 4.36. The standard InChI is InChI=1S/C55H100O6/c1-4-7-10-13-16-19-22-24-26-27-29-30-33-36-39-42-45-48-54(57)60-51-52(50-59-53(56)47-44-41-38-35-32-21-18-15-12-9-6-3)61-55(58)49-46-43-40-37-34-31-28-25-23-20-17-14-11-8-5-2/h16,19,24-26,28,52H,4-15,17-18,20-23,27,29-51H2,1-3H3/b19-16-,26-24-,28-25-/t52-/m0/s1. The van der Waals surface area contributed by atoms with E-state index in [1.807, 2.05) is 0 Å². The largest absolute Gasteiger partial charge is 0.462 e. The smallest absolute Gasteiger partial charge is 0.306 e. The summed E-state index contributed by atoms with van der Waals surface area (Å²) < 4.78 is 16.8. The summed E-state index contributed by atoms with van der Waals surface area (Å²) in [6.07, 6.45) is 58.4. The first kappa shape index (κ1) is 58.6. The number of hydrogen-bond acceptors (Lipinski definition) is 6. The van der Waals surface area contributed by atoms with Crippen LogP contribution in [0.5, 0.6) is 0 Å². The lowest BCUT2D eigenvalue weighted by atomic mass is 10.1. The number of carbonyl (C=O) groups is 3. The molecule has 6 heteroatoms. The molecule has 0 aliphatic carbocycles. The predicted molar refractivity (Wildman–Crippen MR) is 261 cm³/mol. The maximum Gasteiger partial charge on any atom is 0.306 e. The van der Waals surface area contributed by atoms with Crippen LogP contribution in [0.3, 0.4) is 0 Å². The average Bonchev–Trinajstić information content (AvgIpc) is 3.26. The van der Waals surface area contributed by atoms with E-state index in [0.717, 1.165) is 77.0 Å². The Morgan fingerprint density at radius 1 is 0.328 bits per heavy atom. The van der Waals surface area contributed by atoms with Gasteiger partial charge in [0.1, 0.15) is 13.2 Å². The molecule has 0 amide bonds. The van der Waals surface area contributed by atoms with Crippen LogP contribution in [0.25, 0.3) is 0 Å². The third-order valence-electron chi connectivity index (χ3n) is 11.6. The first-order chi connectivity index (χ1) is 30.0. The molecule has 0 N–H and O–H groups in total. The van der Waals surface area contributed by atoms with E-state index in [1.54, 1.807) is 0 Å². The summed E-state index contributed by atoms with van der Waals surface area (Å²) in [5, 5.41) is 0. The number of carbonyl (C=O) groups excluding carboxylic acids is 3. The third kappa shape index (κ3) is 48.5. The first-order valence-corrected chi connectivity index (χ1v) is 26.5. The van der Waals surface area contributed by atoms with Crippen molar-refractivity contribution in [3.63, 3.8) is 0 Å². The van der Waals surface area contributed by atoms with E-state index in [9.17, 15) is 14.4 Å². The molecule has 6 nitrogen and oxygen atoms in total. The van der Waals surface area contributed by atoms with Crippen LogP contribution >= 0.6 is 0 Å². The SMILES string of the molecule is CCCCC/C=C\C/C=C\CCCCCCCCCC(=O)OC[C@H](COC(=O)CCCCCCCCCCCCC)OC(=O)CCCCCCC/C=C\CCCCCCCC. The molecule has 1 atom stereocenters. The second kappa shape index (κ2) is 50.3. The topological polar surface area (TPSA) is 78.9 Å². The number of esters is 3. The fourth-order valence-electron chi connectivity index (χ4n) is 7.59. The second-order valence-electron chi connectivity index (χ2n) is 17.8. The molecule has 61 heavy (non-hydrogen) atoms. The zero-order valence-electron chi connectivity index (χ0n) is 40.7. The van der Waals surface area contributed by atoms with Gasteiger partial charge < -0.3 is 14.2 Å². The van der Waals surface area contributed by atoms with Gasteiger partial charge in [-0.3, -0.25) is 14.4 Å². The number of unbranched alkanes of at least 4 members (excludes halogenated alkanes) is 31. The minimum atomic E-state index is -0.775. The van der Waals surface area contributed by atoms with Gasteiger partial charge in [-0.2, -0.15) is 0 Å². The van der Waals surface area contributed by atoms with E-state index in [1.165, 1.54) is 161 Å². The lowest BCUT2D eigenvalue weighted by molar-refractivity contribution is -0.167. The lowest BCUT2D eigenvalue weighted by Crippen LogP contribution is -2.30. The predicted octanol–water partition coefficient (Wildman–Crippen LogP) is 17.3. The van der Waals surface area contributed by atoms with Gasteiger partial charge in [0.15, 0.2) is 6.10 Å². The van der Waals surface area contributed by atoms with Crippen molar-refractivity contribution in [2.45, 2.75) is 284 Å². The molecule has 0 rings (SSSR count). The molecule has 0 aromatic carbocycles. The summed E-state index contributed by atoms with van der Waals surface area (Å²) in [7, 11) is 0. The third-order valence-corrected chi connectivity index (χ3v) is 11.6. The van der Waals surface area contributed by atoms with Crippen molar-refractivity contribution >= 4 is 17.9 Å². The van der Waals surface area contributed by atoms with Gasteiger partial charge in [0.25, 0.3) is 0 Å². The highest BCUT2D eigenvalue weighted by Gasteiger charge is 2.19. The number of hydrogen-bond donors (Lipinski definition) is 0. The van der Waals surface area contributed by atoms with Crippen LogP contribution in [0.1, 0.15) is 278 Å². The number of allylic oxidation sites excluding steroid dienone is 6. The van der Waals surface area contributed by atoms with Crippen LogP contribution in [0.4, 0.5) is 0 Å². The molecular weight excluding hydrogens is 757 g/mol. The highest BCUT2D eigenvalue weighted by molar-refractivity contribution is 5.71. The summed E-state index contributed by atoms with van der Waals surface area (Å²) in [4.78, 5) is 38.0. The van der Waals surface area contributed by atoms with Crippen molar-refractivity contribution in [3.05, 3.63) is 36.5 Å². The van der Waals surface area contributed by atoms with Gasteiger partial charge in [0.05, 0.1) is 0 Å². The van der Waals surface area contributed by atoms with E-state index < -0.39 is 6.10 Å². The fraction of sp³-hybridized carbons (Fsp3) is 0.836. The summed E-state index contributed by atoms with van der Waals surface area (Å²) in [5.74, 6) is -0.882. The Morgan fingerprint density at radius 2 is 0.590 bits per heavy atom. The maximum atomic E-state index is 12.8. The summed E-state index contributed by atoms with van der Waals surface area (Å²) in [5.41, 5.74) is 0. The van der Waals surface area contributed by atoms with E-state index in [0.29, 0.717) is 19.3 Å². The Morgan fingerprint density at radius 3 is 0.951 bits per heavy atom. The first-order valence-electron chi connectivity index (χ1n) is 26.5. The van der Waals surface area contributed by atoms with Crippen molar-refractivity contribution < 1.29 is 28.6 Å². The van der Waals surface area contributed by atoms with Gasteiger partial charge in [0, 0.05) is 19.3 Å². The normalized spacial score (nSPS) is 12.2. The zero-order chi connectivity index (χ0) is 44.4. The van der Waals surface area contributed by atoms with Crippen molar-refractivity contribution in [3.8, 4) is 0 Å². The molecule has 0 spiro atoms. The average molecular weight is 857 g/mol. The highest BCUT2D eigenvalue weighted by atomic mass is 16.6. The van der Waals surface area contributed by atoms with Crippen LogP contribution in [0, 0.1) is 0 Å². The quantitative estimate of drug-likeness (QED) is 0.0262. The number of ether oxygens (including phenoxy) is 3. The van der Waals surface area contributed by atoms with Crippen molar-refractivity contribution in [2.75, 3.05) is 13.2 Å². The van der Waals surface area contributed by atoms with Crippen LogP contribution in [-0.4, -0.2) is 37.2 Å². The molecule has 0 aliphatic heterocycles.